The first-order valence-corrected chi connectivity index (χ1v) is 7.96. The molecule has 1 heteroatoms. The first-order chi connectivity index (χ1) is 10.3. The highest BCUT2D eigenvalue weighted by atomic mass is 14.9. The van der Waals surface area contributed by atoms with E-state index in [0.29, 0.717) is 0 Å². The zero-order chi connectivity index (χ0) is 17.5. The molecule has 0 aromatic carbocycles. The van der Waals surface area contributed by atoms with Crippen LogP contribution in [0.2, 0.25) is 0 Å². The van der Waals surface area contributed by atoms with Crippen LogP contribution in [0.15, 0.2) is 73.2 Å². The highest BCUT2D eigenvalue weighted by Crippen LogP contribution is 2.00. The van der Waals surface area contributed by atoms with Crippen LogP contribution in [-0.4, -0.2) is 0 Å². The zero-order valence-electron chi connectivity index (χ0n) is 15.5. The Morgan fingerprint density at radius 2 is 0.952 bits per heavy atom. The summed E-state index contributed by atoms with van der Waals surface area (Å²) in [6, 6.07) is 0. The predicted molar refractivity (Wildman–Crippen MR) is 103 cm³/mol. The smallest absolute Gasteiger partial charge is 0.0380 e. The Hall–Kier alpha value is -1.76. The molecular weight excluding hydrogens is 254 g/mol. The fraction of sp³-hybridized carbons (Fsp3) is 0.400. The lowest BCUT2D eigenvalue weighted by molar-refractivity contribution is 1.04. The normalized spacial score (nSPS) is 10.5. The fourth-order valence-corrected chi connectivity index (χ4v) is 1.06. The Morgan fingerprint density at radius 1 is 0.667 bits per heavy atom. The average Bonchev–Trinajstić information content (AvgIpc) is 2.54. The van der Waals surface area contributed by atoms with Gasteiger partial charge >= 0.3 is 0 Å². The third-order valence-electron chi connectivity index (χ3n) is 1.58. The van der Waals surface area contributed by atoms with Gasteiger partial charge in [-0.1, -0.05) is 79.0 Å². The van der Waals surface area contributed by atoms with Crippen molar-refractivity contribution in [1.82, 2.24) is 5.32 Å². The van der Waals surface area contributed by atoms with Crippen molar-refractivity contribution in [2.24, 2.45) is 0 Å². The molecule has 0 radical (unpaired) electrons. The summed E-state index contributed by atoms with van der Waals surface area (Å²) in [5.74, 6) is 0. The van der Waals surface area contributed by atoms with Crippen molar-refractivity contribution in [2.75, 3.05) is 0 Å². The monoisotopic (exact) mass is 291 g/mol. The van der Waals surface area contributed by atoms with Crippen LogP contribution in [0.25, 0.3) is 0 Å². The van der Waals surface area contributed by atoms with E-state index in [9.17, 15) is 0 Å². The molecule has 21 heavy (non-hydrogen) atoms. The average molecular weight is 292 g/mol. The number of rotatable bonds is 6. The Kier molecular flexibility index (Phi) is 40.6. The standard InChI is InChI=1S/C14H19N.3C2H6/c1-5-9-13(10-6-2)15-14(11-7-3)12-8-4;3*1-2/h5-12,15H,1,3H2,2,4H3;3*1-2H3/b10-6-,12-8-,13-9+,14-11+;;;. The van der Waals surface area contributed by atoms with E-state index < -0.39 is 0 Å². The van der Waals surface area contributed by atoms with Crippen LogP contribution in [0.4, 0.5) is 0 Å². The Balaban J connectivity index is -0.000000212. The molecule has 1 nitrogen and oxygen atoms in total. The van der Waals surface area contributed by atoms with Gasteiger partial charge in [0.2, 0.25) is 0 Å². The molecule has 0 amide bonds. The lowest BCUT2D eigenvalue weighted by atomic mass is 10.3. The van der Waals surface area contributed by atoms with Gasteiger partial charge in [-0.05, 0) is 38.2 Å². The largest absolute Gasteiger partial charge is 0.356 e. The Bertz CT molecular complexity index is 283. The maximum absolute atomic E-state index is 3.67. The summed E-state index contributed by atoms with van der Waals surface area (Å²) in [5, 5.41) is 3.26. The minimum atomic E-state index is 0.999. The molecule has 0 aliphatic heterocycles. The second-order valence-electron chi connectivity index (χ2n) is 2.84. The van der Waals surface area contributed by atoms with Crippen LogP contribution in [0.5, 0.6) is 0 Å². The maximum Gasteiger partial charge on any atom is 0.0380 e. The number of nitrogens with one attached hydrogen (secondary N) is 1. The molecule has 0 aromatic heterocycles. The molecule has 0 aliphatic carbocycles. The molecule has 0 heterocycles. The molecule has 0 unspecified atom stereocenters. The van der Waals surface area contributed by atoms with E-state index in [-0.39, 0.29) is 0 Å². The quantitative estimate of drug-likeness (QED) is 0.522. The molecule has 0 saturated carbocycles. The van der Waals surface area contributed by atoms with Crippen LogP contribution < -0.4 is 5.32 Å². The molecule has 0 rings (SSSR count). The van der Waals surface area contributed by atoms with Crippen molar-refractivity contribution >= 4 is 0 Å². The first kappa shape index (κ1) is 27.6. The van der Waals surface area contributed by atoms with Gasteiger partial charge in [0.1, 0.15) is 0 Å². The summed E-state index contributed by atoms with van der Waals surface area (Å²) in [6.07, 6.45) is 15.3. The maximum atomic E-state index is 3.67. The van der Waals surface area contributed by atoms with Gasteiger partial charge < -0.3 is 5.32 Å². The van der Waals surface area contributed by atoms with E-state index in [2.05, 4.69) is 18.5 Å². The molecule has 0 atom stereocenters. The van der Waals surface area contributed by atoms with Gasteiger partial charge in [0.25, 0.3) is 0 Å². The van der Waals surface area contributed by atoms with Crippen molar-refractivity contribution in [1.29, 1.82) is 0 Å². The SMILES string of the molecule is C=C/C=C(\C=C/C)NC(/C=C\C)=C/C=C.CC.CC.CC. The van der Waals surface area contributed by atoms with Crippen LogP contribution in [-0.2, 0) is 0 Å². The zero-order valence-corrected chi connectivity index (χ0v) is 15.5. The molecule has 122 valence electrons. The molecule has 0 fully saturated rings. The summed E-state index contributed by atoms with van der Waals surface area (Å²) in [6.45, 7) is 23.3. The second kappa shape index (κ2) is 30.9. The van der Waals surface area contributed by atoms with Gasteiger partial charge in [-0.3, -0.25) is 0 Å². The van der Waals surface area contributed by atoms with Gasteiger partial charge in [-0.15, -0.1) is 0 Å². The molecule has 0 bridgehead atoms. The van der Waals surface area contributed by atoms with E-state index in [0.717, 1.165) is 11.4 Å². The van der Waals surface area contributed by atoms with Crippen molar-refractivity contribution in [2.45, 2.75) is 55.4 Å². The molecule has 0 saturated heterocycles. The summed E-state index contributed by atoms with van der Waals surface area (Å²) in [5.41, 5.74) is 2.00. The fourth-order valence-electron chi connectivity index (χ4n) is 1.06. The number of allylic oxidation sites excluding steroid dienone is 8. The van der Waals surface area contributed by atoms with Crippen molar-refractivity contribution in [3.05, 3.63) is 73.2 Å². The van der Waals surface area contributed by atoms with Crippen LogP contribution in [0, 0.1) is 0 Å². The molecular formula is C20H37N. The van der Waals surface area contributed by atoms with Crippen LogP contribution in [0.3, 0.4) is 0 Å². The lowest BCUT2D eigenvalue weighted by Crippen LogP contribution is -2.09. The second-order valence-corrected chi connectivity index (χ2v) is 2.84. The van der Waals surface area contributed by atoms with Crippen molar-refractivity contribution in [3.63, 3.8) is 0 Å². The van der Waals surface area contributed by atoms with Gasteiger partial charge in [-0.25, -0.2) is 0 Å². The highest BCUT2D eigenvalue weighted by molar-refractivity contribution is 5.31. The summed E-state index contributed by atoms with van der Waals surface area (Å²) >= 11 is 0. The van der Waals surface area contributed by atoms with Crippen LogP contribution in [0.1, 0.15) is 55.4 Å². The van der Waals surface area contributed by atoms with Crippen molar-refractivity contribution in [3.8, 4) is 0 Å². The molecule has 0 aromatic rings. The topological polar surface area (TPSA) is 12.0 Å². The lowest BCUT2D eigenvalue weighted by Gasteiger charge is -2.07. The van der Waals surface area contributed by atoms with Gasteiger partial charge in [0, 0.05) is 11.4 Å². The van der Waals surface area contributed by atoms with E-state index in [1.807, 2.05) is 91.8 Å². The molecule has 0 spiro atoms. The first-order valence-electron chi connectivity index (χ1n) is 7.96. The van der Waals surface area contributed by atoms with Gasteiger partial charge in [-0.2, -0.15) is 0 Å². The predicted octanol–water partition coefficient (Wildman–Crippen LogP) is 6.95. The highest BCUT2D eigenvalue weighted by Gasteiger charge is 1.91. The Morgan fingerprint density at radius 3 is 1.14 bits per heavy atom. The summed E-state index contributed by atoms with van der Waals surface area (Å²) in [4.78, 5) is 0. The molecule has 1 N–H and O–H groups in total. The van der Waals surface area contributed by atoms with E-state index >= 15 is 0 Å². The van der Waals surface area contributed by atoms with Crippen molar-refractivity contribution < 1.29 is 0 Å². The Labute approximate surface area is 134 Å². The van der Waals surface area contributed by atoms with E-state index in [4.69, 9.17) is 0 Å². The van der Waals surface area contributed by atoms with E-state index in [1.165, 1.54) is 0 Å². The van der Waals surface area contributed by atoms with E-state index in [1.54, 1.807) is 12.2 Å². The summed E-state index contributed by atoms with van der Waals surface area (Å²) < 4.78 is 0. The van der Waals surface area contributed by atoms with Crippen LogP contribution >= 0.6 is 0 Å². The molecule has 0 aliphatic rings. The minimum absolute atomic E-state index is 0.999. The summed E-state index contributed by atoms with van der Waals surface area (Å²) in [7, 11) is 0. The number of hydrogen-bond acceptors (Lipinski definition) is 1. The third-order valence-corrected chi connectivity index (χ3v) is 1.58. The third kappa shape index (κ3) is 23.7. The van der Waals surface area contributed by atoms with Gasteiger partial charge in [0.15, 0.2) is 0 Å². The number of hydrogen-bond donors (Lipinski definition) is 1. The minimum Gasteiger partial charge on any atom is -0.356 e. The van der Waals surface area contributed by atoms with Gasteiger partial charge in [0.05, 0.1) is 0 Å².